The molecule has 0 fully saturated rings. The van der Waals surface area contributed by atoms with E-state index in [-0.39, 0.29) is 31.1 Å². The highest BCUT2D eigenvalue weighted by atomic mass is 16.5. The van der Waals surface area contributed by atoms with Gasteiger partial charge in [-0.05, 0) is 13.3 Å². The fourth-order valence-corrected chi connectivity index (χ4v) is 1.16. The van der Waals surface area contributed by atoms with Gasteiger partial charge in [0, 0.05) is 13.3 Å². The molecule has 94 valence electrons. The smallest absolute Gasteiger partial charge is 0.372 e. The van der Waals surface area contributed by atoms with Crippen molar-refractivity contribution in [3.8, 4) is 0 Å². The summed E-state index contributed by atoms with van der Waals surface area (Å²) in [7, 11) is 0. The average molecular weight is 242 g/mol. The van der Waals surface area contributed by atoms with Crippen molar-refractivity contribution in [3.63, 3.8) is 0 Å². The van der Waals surface area contributed by atoms with Gasteiger partial charge >= 0.3 is 12.2 Å². The van der Waals surface area contributed by atoms with Crippen LogP contribution in [-0.2, 0) is 19.1 Å². The van der Waals surface area contributed by atoms with Gasteiger partial charge in [-0.25, -0.2) is 4.79 Å². The van der Waals surface area contributed by atoms with Gasteiger partial charge in [-0.3, -0.25) is 9.59 Å². The van der Waals surface area contributed by atoms with Gasteiger partial charge in [-0.2, -0.15) is 0 Å². The lowest BCUT2D eigenvalue weighted by Gasteiger charge is -2.14. The maximum Gasteiger partial charge on any atom is 0.372 e. The van der Waals surface area contributed by atoms with Crippen LogP contribution in [0.1, 0.15) is 26.7 Å². The van der Waals surface area contributed by atoms with Gasteiger partial charge in [0.2, 0.25) is 11.7 Å². The van der Waals surface area contributed by atoms with Crippen LogP contribution in [0.3, 0.4) is 0 Å². The average Bonchev–Trinajstić information content (AvgIpc) is 2.24. The minimum Gasteiger partial charge on any atom is -0.464 e. The summed E-state index contributed by atoms with van der Waals surface area (Å²) in [6, 6.07) is -0.837. The third-order valence-electron chi connectivity index (χ3n) is 1.84. The summed E-state index contributed by atoms with van der Waals surface area (Å²) in [5, 5.41) is 2.40. The lowest BCUT2D eigenvalue weighted by molar-refractivity contribution is -0.147. The van der Waals surface area contributed by atoms with Crippen molar-refractivity contribution in [1.29, 1.82) is 5.53 Å². The van der Waals surface area contributed by atoms with E-state index in [9.17, 15) is 14.4 Å². The van der Waals surface area contributed by atoms with Crippen LogP contribution in [-0.4, -0.2) is 41.3 Å². The second kappa shape index (κ2) is 8.18. The Balaban J connectivity index is 4.38. The van der Waals surface area contributed by atoms with Crippen molar-refractivity contribution in [2.45, 2.75) is 32.7 Å². The summed E-state index contributed by atoms with van der Waals surface area (Å²) in [5.74, 6) is -1.32. The molecule has 7 heteroatoms. The maximum absolute atomic E-state index is 11.4. The Hall–Kier alpha value is -2.01. The summed E-state index contributed by atoms with van der Waals surface area (Å²) in [6.07, 6.45) is 1.01. The summed E-state index contributed by atoms with van der Waals surface area (Å²) < 4.78 is 4.76. The normalized spacial score (nSPS) is 10.9. The fraction of sp³-hybridized carbons (Fsp3) is 0.600. The van der Waals surface area contributed by atoms with Crippen LogP contribution in [0.25, 0.3) is 0 Å². The number of amides is 1. The van der Waals surface area contributed by atoms with Gasteiger partial charge in [-0.15, -0.1) is 0 Å². The molecular weight excluding hydrogens is 226 g/mol. The first-order valence-corrected chi connectivity index (χ1v) is 5.17. The van der Waals surface area contributed by atoms with E-state index in [2.05, 4.69) is 10.1 Å². The number of nitrogens with one attached hydrogen (secondary N) is 2. The molecule has 0 saturated heterocycles. The van der Waals surface area contributed by atoms with Crippen molar-refractivity contribution >= 4 is 23.9 Å². The molecule has 0 aliphatic heterocycles. The van der Waals surface area contributed by atoms with Crippen molar-refractivity contribution in [1.82, 2.24) is 5.32 Å². The predicted octanol–water partition coefficient (Wildman–Crippen LogP) is -0.287. The van der Waals surface area contributed by atoms with Crippen LogP contribution in [0.5, 0.6) is 0 Å². The fourth-order valence-electron chi connectivity index (χ4n) is 1.16. The zero-order valence-electron chi connectivity index (χ0n) is 9.86. The van der Waals surface area contributed by atoms with E-state index in [0.717, 1.165) is 6.21 Å². The molecule has 17 heavy (non-hydrogen) atoms. The lowest BCUT2D eigenvalue weighted by Crippen LogP contribution is -2.41. The Kier molecular flexibility index (Phi) is 7.21. The Morgan fingerprint density at radius 3 is 2.59 bits per heavy atom. The molecule has 0 spiro atoms. The zero-order chi connectivity index (χ0) is 13.3. The first-order valence-electron chi connectivity index (χ1n) is 5.17. The van der Waals surface area contributed by atoms with E-state index < -0.39 is 12.0 Å². The van der Waals surface area contributed by atoms with Crippen LogP contribution in [0.15, 0.2) is 0 Å². The molecule has 0 saturated carbocycles. The molecule has 0 radical (unpaired) electrons. The molecule has 7 nitrogen and oxygen atoms in total. The number of hydrogen-bond donors (Lipinski definition) is 2. The third-order valence-corrected chi connectivity index (χ3v) is 1.84. The molecule has 0 unspecified atom stereocenters. The highest BCUT2D eigenvalue weighted by molar-refractivity contribution is 6.25. The minimum absolute atomic E-state index is 0.0200. The van der Waals surface area contributed by atoms with E-state index >= 15 is 0 Å². The Morgan fingerprint density at radius 2 is 2.12 bits per heavy atom. The number of carbonyl (C=O) groups excluding carboxylic acids is 3. The number of esters is 1. The van der Waals surface area contributed by atoms with E-state index in [1.807, 2.05) is 0 Å². The Labute approximate surface area is 98.8 Å². The molecule has 0 aromatic rings. The molecule has 0 heterocycles. The van der Waals surface area contributed by atoms with Gasteiger partial charge in [0.25, 0.3) is 0 Å². The van der Waals surface area contributed by atoms with Crippen LogP contribution in [0.4, 0.5) is 0 Å². The van der Waals surface area contributed by atoms with Gasteiger partial charge in [0.1, 0.15) is 6.04 Å². The van der Waals surface area contributed by atoms with Gasteiger partial charge in [-0.1, -0.05) is 0 Å². The quantitative estimate of drug-likeness (QED) is 0.276. The first kappa shape index (κ1) is 15.0. The van der Waals surface area contributed by atoms with Gasteiger partial charge < -0.3 is 10.1 Å². The van der Waals surface area contributed by atoms with E-state index in [1.54, 1.807) is 6.92 Å². The topological polar surface area (TPSA) is 110 Å². The van der Waals surface area contributed by atoms with Gasteiger partial charge in [0.15, 0.2) is 0 Å². The van der Waals surface area contributed by atoms with Crippen molar-refractivity contribution in [2.24, 2.45) is 0 Å². The van der Waals surface area contributed by atoms with Crippen molar-refractivity contribution in [2.75, 3.05) is 6.61 Å². The van der Waals surface area contributed by atoms with Crippen molar-refractivity contribution in [3.05, 3.63) is 0 Å². The third kappa shape index (κ3) is 6.97. The van der Waals surface area contributed by atoms with E-state index in [1.165, 1.54) is 6.92 Å². The molecule has 0 aromatic heterocycles. The van der Waals surface area contributed by atoms with E-state index in [4.69, 9.17) is 10.3 Å². The van der Waals surface area contributed by atoms with Gasteiger partial charge in [0.05, 0.1) is 16.9 Å². The summed E-state index contributed by atoms with van der Waals surface area (Å²) >= 11 is 0. The number of ketones is 1. The molecule has 2 N–H and O–H groups in total. The number of hydrogen-bond acceptors (Lipinski definition) is 5. The van der Waals surface area contributed by atoms with Crippen LogP contribution in [0, 0.1) is 5.53 Å². The van der Waals surface area contributed by atoms with Crippen LogP contribution >= 0.6 is 0 Å². The van der Waals surface area contributed by atoms with E-state index in [0.29, 0.717) is 0 Å². The SMILES string of the molecule is CCOC(=O)[C@H](CCC(=O)C=[N+]=N)NC(C)=O. The molecule has 1 atom stereocenters. The molecular formula is C10H16N3O4+. The summed E-state index contributed by atoms with van der Waals surface area (Å²) in [4.78, 5) is 36.2. The highest BCUT2D eigenvalue weighted by Gasteiger charge is 2.22. The minimum atomic E-state index is -0.837. The summed E-state index contributed by atoms with van der Waals surface area (Å²) in [6.45, 7) is 3.14. The largest absolute Gasteiger partial charge is 0.464 e. The molecule has 1 amide bonds. The molecule has 0 rings (SSSR count). The molecule has 0 aromatic carbocycles. The maximum atomic E-state index is 11.4. The Morgan fingerprint density at radius 1 is 1.47 bits per heavy atom. The standard InChI is InChI=1S/C10H15N3O4/c1-3-17-10(16)9(13-7(2)14)5-4-8(15)6-12-11/h6,9,11H,3-5H2,1-2H3/p+1/t9-/m0/s1. The number of carbonyl (C=O) groups is 3. The number of ether oxygens (including phenoxy) is 1. The monoisotopic (exact) mass is 242 g/mol. The molecule has 0 aliphatic rings. The lowest BCUT2D eigenvalue weighted by atomic mass is 10.1. The Bertz CT molecular complexity index is 347. The zero-order valence-corrected chi connectivity index (χ0v) is 9.86. The second-order valence-corrected chi connectivity index (χ2v) is 3.27. The van der Waals surface area contributed by atoms with Crippen molar-refractivity contribution < 1.29 is 23.9 Å². The molecule has 0 bridgehead atoms. The summed E-state index contributed by atoms with van der Waals surface area (Å²) in [5.41, 5.74) is 6.47. The number of rotatable bonds is 7. The first-order chi connectivity index (χ1) is 8.01. The van der Waals surface area contributed by atoms with Crippen LogP contribution < -0.4 is 5.32 Å². The molecule has 0 aliphatic carbocycles. The van der Waals surface area contributed by atoms with Crippen LogP contribution in [0.2, 0.25) is 0 Å². The number of nitrogens with zero attached hydrogens (tertiary/aromatic N) is 1. The highest BCUT2D eigenvalue weighted by Crippen LogP contribution is 2.00. The predicted molar refractivity (Wildman–Crippen MR) is 57.5 cm³/mol. The second-order valence-electron chi connectivity index (χ2n) is 3.27. The number of Topliss-reactive ketones (excluding diaryl/α,β-unsaturated/α-hetero) is 1.